The second-order valence-electron chi connectivity index (χ2n) is 6.45. The SMILES string of the molecule is C=C1C(=O)O[C@@H]2C3=C(C)[C@H](O)C[C@@]3(O)[C@](C)(O)CC[C@@H]12. The minimum Gasteiger partial charge on any atom is -0.454 e. The summed E-state index contributed by atoms with van der Waals surface area (Å²) in [7, 11) is 0. The molecule has 2 fully saturated rings. The third-order valence-electron chi connectivity index (χ3n) is 5.29. The molecule has 5 heteroatoms. The molecule has 1 saturated heterocycles. The fraction of sp³-hybridized carbons (Fsp3) is 0.667. The molecule has 0 spiro atoms. The number of ether oxygens (including phenoxy) is 1. The third kappa shape index (κ3) is 1.51. The molecule has 110 valence electrons. The van der Waals surface area contributed by atoms with Gasteiger partial charge in [0.2, 0.25) is 0 Å². The first kappa shape index (κ1) is 13.8. The lowest BCUT2D eigenvalue weighted by atomic mass is 9.77. The Morgan fingerprint density at radius 2 is 2.05 bits per heavy atom. The van der Waals surface area contributed by atoms with E-state index in [9.17, 15) is 20.1 Å². The van der Waals surface area contributed by atoms with Gasteiger partial charge in [0.05, 0.1) is 11.7 Å². The maximum absolute atomic E-state index is 11.7. The number of carbonyl (C=O) groups is 1. The van der Waals surface area contributed by atoms with Crippen LogP contribution in [0.5, 0.6) is 0 Å². The first-order valence-corrected chi connectivity index (χ1v) is 6.93. The Labute approximate surface area is 117 Å². The lowest BCUT2D eigenvalue weighted by Gasteiger charge is -2.40. The smallest absolute Gasteiger partial charge is 0.334 e. The first-order valence-electron chi connectivity index (χ1n) is 6.93. The van der Waals surface area contributed by atoms with Crippen LogP contribution in [0.4, 0.5) is 0 Å². The van der Waals surface area contributed by atoms with Gasteiger partial charge in [-0.3, -0.25) is 0 Å². The molecule has 0 aromatic rings. The van der Waals surface area contributed by atoms with Crippen molar-refractivity contribution in [1.82, 2.24) is 0 Å². The van der Waals surface area contributed by atoms with Gasteiger partial charge < -0.3 is 20.1 Å². The number of fused-ring (bicyclic) bond motifs is 3. The maximum Gasteiger partial charge on any atom is 0.334 e. The van der Waals surface area contributed by atoms with Crippen LogP contribution >= 0.6 is 0 Å². The number of esters is 1. The summed E-state index contributed by atoms with van der Waals surface area (Å²) in [5.74, 6) is -0.691. The van der Waals surface area contributed by atoms with Gasteiger partial charge in [-0.2, -0.15) is 0 Å². The lowest BCUT2D eigenvalue weighted by molar-refractivity contribution is -0.144. The van der Waals surface area contributed by atoms with Crippen LogP contribution in [0.1, 0.15) is 33.1 Å². The molecule has 0 unspecified atom stereocenters. The third-order valence-corrected chi connectivity index (χ3v) is 5.29. The van der Waals surface area contributed by atoms with Crippen molar-refractivity contribution >= 4 is 5.97 Å². The zero-order chi connectivity index (χ0) is 14.9. The van der Waals surface area contributed by atoms with Crippen molar-refractivity contribution in [3.8, 4) is 0 Å². The van der Waals surface area contributed by atoms with E-state index < -0.39 is 29.4 Å². The molecule has 0 bridgehead atoms. The molecule has 5 atom stereocenters. The van der Waals surface area contributed by atoms with Gasteiger partial charge >= 0.3 is 5.97 Å². The molecule has 0 aromatic heterocycles. The van der Waals surface area contributed by atoms with Gasteiger partial charge in [0, 0.05) is 23.5 Å². The molecule has 0 radical (unpaired) electrons. The van der Waals surface area contributed by atoms with E-state index in [0.29, 0.717) is 29.6 Å². The lowest BCUT2D eigenvalue weighted by Crippen LogP contribution is -2.53. The summed E-state index contributed by atoms with van der Waals surface area (Å²) in [6.45, 7) is 7.05. The highest BCUT2D eigenvalue weighted by atomic mass is 16.6. The van der Waals surface area contributed by atoms with E-state index in [0.717, 1.165) is 0 Å². The Kier molecular flexibility index (Phi) is 2.71. The summed E-state index contributed by atoms with van der Waals surface area (Å²) in [6, 6.07) is 0. The van der Waals surface area contributed by atoms with Crippen molar-refractivity contribution in [2.24, 2.45) is 5.92 Å². The van der Waals surface area contributed by atoms with Gasteiger partial charge in [-0.1, -0.05) is 6.58 Å². The van der Waals surface area contributed by atoms with Crippen molar-refractivity contribution in [1.29, 1.82) is 0 Å². The highest BCUT2D eigenvalue weighted by Crippen LogP contribution is 2.53. The fourth-order valence-electron chi connectivity index (χ4n) is 3.85. The predicted molar refractivity (Wildman–Crippen MR) is 70.6 cm³/mol. The normalized spacial score (nSPS) is 48.0. The summed E-state index contributed by atoms with van der Waals surface area (Å²) in [5, 5.41) is 31.7. The second-order valence-corrected chi connectivity index (χ2v) is 6.45. The molecule has 0 aromatic carbocycles. The van der Waals surface area contributed by atoms with Crippen LogP contribution in [0.3, 0.4) is 0 Å². The van der Waals surface area contributed by atoms with Crippen molar-refractivity contribution in [2.45, 2.75) is 56.5 Å². The van der Waals surface area contributed by atoms with E-state index in [1.807, 2.05) is 0 Å². The van der Waals surface area contributed by atoms with Crippen LogP contribution in [-0.2, 0) is 9.53 Å². The standard InChI is InChI=1S/C15H20O5/c1-7-9-4-5-14(3,18)15(19)6-10(16)8(2)11(15)12(9)20-13(7)17/h9-10,12,16,18-19H,1,4-6H2,2-3H3/t9-,10+,12-,14+,15-/m0/s1. The number of hydrogen-bond donors (Lipinski definition) is 3. The Morgan fingerprint density at radius 3 is 2.70 bits per heavy atom. The van der Waals surface area contributed by atoms with E-state index in [1.54, 1.807) is 13.8 Å². The summed E-state index contributed by atoms with van der Waals surface area (Å²) < 4.78 is 5.37. The average Bonchev–Trinajstić information content (AvgIpc) is 2.71. The largest absolute Gasteiger partial charge is 0.454 e. The molecule has 3 N–H and O–H groups in total. The first-order chi connectivity index (χ1) is 9.19. The number of rotatable bonds is 0. The van der Waals surface area contributed by atoms with E-state index >= 15 is 0 Å². The van der Waals surface area contributed by atoms with E-state index in [4.69, 9.17) is 4.74 Å². The van der Waals surface area contributed by atoms with E-state index in [1.165, 1.54) is 0 Å². The quantitative estimate of drug-likeness (QED) is 0.340. The predicted octanol–water partition coefficient (Wildman–Crippen LogP) is 0.441. The number of aliphatic hydroxyl groups is 3. The molecular formula is C15H20O5. The second kappa shape index (κ2) is 3.93. The van der Waals surface area contributed by atoms with Crippen LogP contribution in [0.2, 0.25) is 0 Å². The minimum absolute atomic E-state index is 0.0361. The monoisotopic (exact) mass is 280 g/mol. The van der Waals surface area contributed by atoms with Gasteiger partial charge in [-0.05, 0) is 32.3 Å². The van der Waals surface area contributed by atoms with Crippen LogP contribution < -0.4 is 0 Å². The van der Waals surface area contributed by atoms with Crippen molar-refractivity contribution in [3.05, 3.63) is 23.3 Å². The zero-order valence-corrected chi connectivity index (χ0v) is 11.7. The topological polar surface area (TPSA) is 87.0 Å². The molecule has 3 rings (SSSR count). The van der Waals surface area contributed by atoms with Gasteiger partial charge in [-0.15, -0.1) is 0 Å². The molecule has 1 saturated carbocycles. The van der Waals surface area contributed by atoms with Crippen LogP contribution in [0.15, 0.2) is 23.3 Å². The molecular weight excluding hydrogens is 260 g/mol. The highest BCUT2D eigenvalue weighted by molar-refractivity contribution is 5.91. The fourth-order valence-corrected chi connectivity index (χ4v) is 3.85. The number of aliphatic hydroxyl groups excluding tert-OH is 1. The van der Waals surface area contributed by atoms with Crippen molar-refractivity contribution < 1.29 is 24.9 Å². The zero-order valence-electron chi connectivity index (χ0n) is 11.7. The van der Waals surface area contributed by atoms with Crippen molar-refractivity contribution in [3.63, 3.8) is 0 Å². The Hall–Kier alpha value is -1.17. The maximum atomic E-state index is 11.7. The van der Waals surface area contributed by atoms with Crippen molar-refractivity contribution in [2.75, 3.05) is 0 Å². The Balaban J connectivity index is 2.17. The Morgan fingerprint density at radius 1 is 1.40 bits per heavy atom. The molecule has 2 aliphatic carbocycles. The minimum atomic E-state index is -1.55. The van der Waals surface area contributed by atoms with Gasteiger partial charge in [0.1, 0.15) is 11.7 Å². The van der Waals surface area contributed by atoms with Gasteiger partial charge in [0.15, 0.2) is 0 Å². The van der Waals surface area contributed by atoms with Gasteiger partial charge in [0.25, 0.3) is 0 Å². The summed E-state index contributed by atoms with van der Waals surface area (Å²) in [6.07, 6.45) is -0.561. The summed E-state index contributed by atoms with van der Waals surface area (Å²) >= 11 is 0. The van der Waals surface area contributed by atoms with Crippen LogP contribution in [-0.4, -0.2) is 44.7 Å². The number of carbonyl (C=O) groups excluding carboxylic acids is 1. The van der Waals surface area contributed by atoms with Crippen LogP contribution in [0, 0.1) is 5.92 Å². The average molecular weight is 280 g/mol. The summed E-state index contributed by atoms with van der Waals surface area (Å²) in [4.78, 5) is 11.7. The van der Waals surface area contributed by atoms with Gasteiger partial charge in [-0.25, -0.2) is 4.79 Å². The highest BCUT2D eigenvalue weighted by Gasteiger charge is 2.61. The molecule has 1 heterocycles. The molecule has 1 aliphatic heterocycles. The molecule has 3 aliphatic rings. The molecule has 20 heavy (non-hydrogen) atoms. The van der Waals surface area contributed by atoms with E-state index in [2.05, 4.69) is 6.58 Å². The van der Waals surface area contributed by atoms with E-state index in [-0.39, 0.29) is 12.3 Å². The molecule has 0 amide bonds. The van der Waals surface area contributed by atoms with Crippen LogP contribution in [0.25, 0.3) is 0 Å². The molecule has 5 nitrogen and oxygen atoms in total. The Bertz CT molecular complexity index is 532. The summed E-state index contributed by atoms with van der Waals surface area (Å²) in [5.41, 5.74) is -1.48. The number of hydrogen-bond acceptors (Lipinski definition) is 5.